The molecule has 3 heteroatoms. The molecular weight excluding hydrogens is 430 g/mol. The van der Waals surface area contributed by atoms with Crippen LogP contribution in [0.25, 0.3) is 33.1 Å². The number of rotatable bonds is 2. The van der Waals surface area contributed by atoms with Crippen molar-refractivity contribution in [3.8, 4) is 11.1 Å². The molecular formula is C32H21NO2. The number of benzene rings is 5. The molecule has 0 radical (unpaired) electrons. The van der Waals surface area contributed by atoms with Crippen LogP contribution >= 0.6 is 0 Å². The van der Waals surface area contributed by atoms with Crippen LogP contribution in [0.15, 0.2) is 124 Å². The summed E-state index contributed by atoms with van der Waals surface area (Å²) in [6.07, 6.45) is 0.942. The first-order valence-corrected chi connectivity index (χ1v) is 11.8. The Balaban J connectivity index is 1.32. The zero-order valence-electron chi connectivity index (χ0n) is 18.9. The molecule has 0 saturated carbocycles. The smallest absolute Gasteiger partial charge is 0.200 e. The van der Waals surface area contributed by atoms with Crippen LogP contribution in [0.3, 0.4) is 0 Å². The van der Waals surface area contributed by atoms with Gasteiger partial charge in [-0.15, -0.1) is 0 Å². The zero-order chi connectivity index (χ0) is 23.4. The van der Waals surface area contributed by atoms with Crippen molar-refractivity contribution in [3.05, 3.63) is 137 Å². The van der Waals surface area contributed by atoms with Crippen molar-refractivity contribution in [3.63, 3.8) is 0 Å². The van der Waals surface area contributed by atoms with Gasteiger partial charge in [0.1, 0.15) is 11.2 Å². The molecule has 5 aromatic carbocycles. The van der Waals surface area contributed by atoms with Crippen molar-refractivity contribution in [2.45, 2.75) is 6.42 Å². The molecule has 6 aromatic rings. The molecule has 0 bridgehead atoms. The van der Waals surface area contributed by atoms with Gasteiger partial charge < -0.3 is 9.32 Å². The first kappa shape index (κ1) is 19.8. The highest BCUT2D eigenvalue weighted by molar-refractivity contribution is 5.92. The van der Waals surface area contributed by atoms with Crippen molar-refractivity contribution in [1.29, 1.82) is 0 Å². The minimum absolute atomic E-state index is 0.00572. The molecule has 3 nitrogen and oxygen atoms in total. The van der Waals surface area contributed by atoms with Gasteiger partial charge in [-0.2, -0.15) is 0 Å². The second-order valence-electron chi connectivity index (χ2n) is 8.95. The van der Waals surface area contributed by atoms with E-state index in [1.165, 1.54) is 22.5 Å². The third-order valence-electron chi connectivity index (χ3n) is 6.88. The van der Waals surface area contributed by atoms with Crippen LogP contribution in [0, 0.1) is 0 Å². The summed E-state index contributed by atoms with van der Waals surface area (Å²) < 4.78 is 6.08. The fraction of sp³-hybridized carbons (Fsp3) is 0.0312. The molecule has 1 aromatic heterocycles. The SMILES string of the molecule is O=c1c2ccccc2oc2cc(-c3ccc(N4c5ccccc5Cc5ccccc54)cc3)ccc12. The number of hydrogen-bond acceptors (Lipinski definition) is 3. The van der Waals surface area contributed by atoms with Gasteiger partial charge in [-0.1, -0.05) is 66.7 Å². The van der Waals surface area contributed by atoms with Crippen molar-refractivity contribution >= 4 is 39.0 Å². The van der Waals surface area contributed by atoms with E-state index in [4.69, 9.17) is 4.42 Å². The number of hydrogen-bond donors (Lipinski definition) is 0. The van der Waals surface area contributed by atoms with Gasteiger partial charge in [0.05, 0.1) is 10.8 Å². The predicted octanol–water partition coefficient (Wildman–Crippen LogP) is 7.99. The zero-order valence-corrected chi connectivity index (χ0v) is 18.9. The van der Waals surface area contributed by atoms with Gasteiger partial charge in [0, 0.05) is 23.5 Å². The molecule has 166 valence electrons. The largest absolute Gasteiger partial charge is 0.456 e. The van der Waals surface area contributed by atoms with Crippen molar-refractivity contribution < 1.29 is 4.42 Å². The van der Waals surface area contributed by atoms with Crippen LogP contribution in [-0.2, 0) is 6.42 Å². The summed E-state index contributed by atoms with van der Waals surface area (Å²) in [5.74, 6) is 0. The molecule has 0 spiro atoms. The summed E-state index contributed by atoms with van der Waals surface area (Å²) in [7, 11) is 0. The quantitative estimate of drug-likeness (QED) is 0.250. The van der Waals surface area contributed by atoms with Crippen LogP contribution in [0.5, 0.6) is 0 Å². The maximum atomic E-state index is 12.9. The summed E-state index contributed by atoms with van der Waals surface area (Å²) >= 11 is 0. The first-order chi connectivity index (χ1) is 17.3. The van der Waals surface area contributed by atoms with E-state index in [1.54, 1.807) is 0 Å². The normalized spacial score (nSPS) is 12.5. The number of nitrogens with zero attached hydrogens (tertiary/aromatic N) is 1. The number of anilines is 3. The highest BCUT2D eigenvalue weighted by Crippen LogP contribution is 2.43. The maximum absolute atomic E-state index is 12.9. The van der Waals surface area contributed by atoms with Gasteiger partial charge in [0.15, 0.2) is 0 Å². The lowest BCUT2D eigenvalue weighted by molar-refractivity contribution is 0.660. The Morgan fingerprint density at radius 3 is 1.91 bits per heavy atom. The molecule has 0 unspecified atom stereocenters. The summed E-state index contributed by atoms with van der Waals surface area (Å²) in [5, 5.41) is 1.21. The summed E-state index contributed by atoms with van der Waals surface area (Å²) in [5.41, 5.74) is 9.52. The average Bonchev–Trinajstić information content (AvgIpc) is 2.92. The predicted molar refractivity (Wildman–Crippen MR) is 143 cm³/mol. The van der Waals surface area contributed by atoms with E-state index in [9.17, 15) is 4.79 Å². The monoisotopic (exact) mass is 451 g/mol. The lowest BCUT2D eigenvalue weighted by Gasteiger charge is -2.33. The molecule has 2 heterocycles. The standard InChI is InChI=1S/C32H21NO2/c34-32-26-9-3-6-12-30(26)35-31-20-22(15-18-27(31)32)21-13-16-25(17-14-21)33-28-10-4-1-7-23(28)19-24-8-2-5-11-29(24)33/h1-18,20H,19H2. The highest BCUT2D eigenvalue weighted by Gasteiger charge is 2.23. The van der Waals surface area contributed by atoms with Crippen LogP contribution in [0.1, 0.15) is 11.1 Å². The molecule has 0 atom stereocenters. The van der Waals surface area contributed by atoms with Crippen molar-refractivity contribution in [2.24, 2.45) is 0 Å². The van der Waals surface area contributed by atoms with E-state index >= 15 is 0 Å². The average molecular weight is 452 g/mol. The second-order valence-corrected chi connectivity index (χ2v) is 8.95. The molecule has 0 amide bonds. The Kier molecular flexibility index (Phi) is 4.36. The Labute approximate surface area is 202 Å². The minimum atomic E-state index is 0.00572. The van der Waals surface area contributed by atoms with Gasteiger partial charge in [0.2, 0.25) is 5.43 Å². The third kappa shape index (κ3) is 3.17. The summed E-state index contributed by atoms with van der Waals surface area (Å²) in [6, 6.07) is 39.0. The molecule has 0 fully saturated rings. The molecule has 7 rings (SSSR count). The molecule has 35 heavy (non-hydrogen) atoms. The molecule has 0 aliphatic carbocycles. The van der Waals surface area contributed by atoms with Crippen LogP contribution in [0.4, 0.5) is 17.1 Å². The van der Waals surface area contributed by atoms with Crippen molar-refractivity contribution in [2.75, 3.05) is 4.90 Å². The van der Waals surface area contributed by atoms with E-state index in [0.29, 0.717) is 21.9 Å². The Bertz CT molecular complexity index is 1750. The van der Waals surface area contributed by atoms with E-state index < -0.39 is 0 Å². The number of fused-ring (bicyclic) bond motifs is 4. The van der Waals surface area contributed by atoms with E-state index in [-0.39, 0.29) is 5.43 Å². The van der Waals surface area contributed by atoms with Crippen LogP contribution in [-0.4, -0.2) is 0 Å². The summed E-state index contributed by atoms with van der Waals surface area (Å²) in [4.78, 5) is 15.2. The molecule has 1 aliphatic rings. The van der Waals surface area contributed by atoms with E-state index in [2.05, 4.69) is 77.7 Å². The van der Waals surface area contributed by atoms with Gasteiger partial charge in [-0.05, 0) is 70.8 Å². The van der Waals surface area contributed by atoms with Crippen LogP contribution in [0.2, 0.25) is 0 Å². The summed E-state index contributed by atoms with van der Waals surface area (Å²) in [6.45, 7) is 0. The van der Waals surface area contributed by atoms with Gasteiger partial charge in [-0.25, -0.2) is 0 Å². The van der Waals surface area contributed by atoms with Gasteiger partial charge in [-0.3, -0.25) is 4.79 Å². The van der Waals surface area contributed by atoms with E-state index in [1.807, 2.05) is 42.5 Å². The Hall–Kier alpha value is -4.63. The molecule has 0 saturated heterocycles. The van der Waals surface area contributed by atoms with Gasteiger partial charge in [0.25, 0.3) is 0 Å². The third-order valence-corrected chi connectivity index (χ3v) is 6.88. The van der Waals surface area contributed by atoms with Crippen LogP contribution < -0.4 is 10.3 Å². The second kappa shape index (κ2) is 7.71. The maximum Gasteiger partial charge on any atom is 0.200 e. The Morgan fingerprint density at radius 1 is 0.571 bits per heavy atom. The van der Waals surface area contributed by atoms with Gasteiger partial charge >= 0.3 is 0 Å². The van der Waals surface area contributed by atoms with Crippen molar-refractivity contribution in [1.82, 2.24) is 0 Å². The fourth-order valence-corrected chi connectivity index (χ4v) is 5.15. The minimum Gasteiger partial charge on any atom is -0.456 e. The molecule has 1 aliphatic heterocycles. The fourth-order valence-electron chi connectivity index (χ4n) is 5.15. The number of para-hydroxylation sites is 3. The Morgan fingerprint density at radius 2 is 1.17 bits per heavy atom. The topological polar surface area (TPSA) is 33.5 Å². The molecule has 0 N–H and O–H groups in total. The lowest BCUT2D eigenvalue weighted by Crippen LogP contribution is -2.18. The first-order valence-electron chi connectivity index (χ1n) is 11.8. The van der Waals surface area contributed by atoms with E-state index in [0.717, 1.165) is 23.2 Å². The lowest BCUT2D eigenvalue weighted by atomic mass is 9.94. The highest BCUT2D eigenvalue weighted by atomic mass is 16.3.